The Labute approximate surface area is 220 Å². The molecule has 0 saturated heterocycles. The van der Waals surface area contributed by atoms with E-state index in [1.54, 1.807) is 18.5 Å². The molecule has 10 nitrogen and oxygen atoms in total. The summed E-state index contributed by atoms with van der Waals surface area (Å²) in [6, 6.07) is 20.8. The summed E-state index contributed by atoms with van der Waals surface area (Å²) in [4.78, 5) is 44.5. The third-order valence-electron chi connectivity index (χ3n) is 6.33. The number of nitrogens with one attached hydrogen (secondary N) is 4. The normalized spacial score (nSPS) is 13.5. The Kier molecular flexibility index (Phi) is 5.47. The highest BCUT2D eigenvalue weighted by molar-refractivity contribution is 7.80. The van der Waals surface area contributed by atoms with Gasteiger partial charge in [-0.05, 0) is 30.4 Å². The van der Waals surface area contributed by atoms with E-state index >= 15 is 0 Å². The van der Waals surface area contributed by atoms with Crippen LogP contribution in [0.2, 0.25) is 0 Å². The third kappa shape index (κ3) is 3.78. The highest BCUT2D eigenvalue weighted by Gasteiger charge is 2.42. The molecule has 4 N–H and O–H groups in total. The first-order valence-corrected chi connectivity index (χ1v) is 11.9. The zero-order valence-electron chi connectivity index (χ0n) is 19.5. The summed E-state index contributed by atoms with van der Waals surface area (Å²) in [7, 11) is 0. The number of nitro benzene ring substituents is 1. The number of H-pyrrole nitrogens is 2. The number of hydrogen-bond acceptors (Lipinski definition) is 5. The van der Waals surface area contributed by atoms with Crippen molar-refractivity contribution in [2.75, 3.05) is 5.32 Å². The summed E-state index contributed by atoms with van der Waals surface area (Å²) in [6.45, 7) is 0. The van der Waals surface area contributed by atoms with Crippen LogP contribution < -0.4 is 10.7 Å². The molecule has 6 rings (SSSR count). The van der Waals surface area contributed by atoms with E-state index in [1.165, 1.54) is 18.2 Å². The lowest BCUT2D eigenvalue weighted by Crippen LogP contribution is -2.48. The minimum absolute atomic E-state index is 0.0781. The third-order valence-corrected chi connectivity index (χ3v) is 6.52. The van der Waals surface area contributed by atoms with Gasteiger partial charge in [-0.15, -0.1) is 0 Å². The van der Waals surface area contributed by atoms with E-state index in [0.717, 1.165) is 26.8 Å². The Morgan fingerprint density at radius 3 is 1.92 bits per heavy atom. The van der Waals surface area contributed by atoms with E-state index in [-0.39, 0.29) is 21.9 Å². The van der Waals surface area contributed by atoms with Crippen molar-refractivity contribution in [1.29, 1.82) is 0 Å². The predicted molar refractivity (Wildman–Crippen MR) is 148 cm³/mol. The van der Waals surface area contributed by atoms with Gasteiger partial charge in [0.15, 0.2) is 5.11 Å². The van der Waals surface area contributed by atoms with Gasteiger partial charge in [0.05, 0.1) is 16.1 Å². The van der Waals surface area contributed by atoms with Crippen molar-refractivity contribution in [3.8, 4) is 0 Å². The molecule has 0 atom stereocenters. The van der Waals surface area contributed by atoms with Gasteiger partial charge in [-0.2, -0.15) is 5.01 Å². The molecule has 5 aromatic rings. The number of aromatic nitrogens is 2. The van der Waals surface area contributed by atoms with Crippen LogP contribution in [0.15, 0.2) is 85.2 Å². The maximum atomic E-state index is 13.8. The number of para-hydroxylation sites is 2. The van der Waals surface area contributed by atoms with Crippen molar-refractivity contribution in [2.24, 2.45) is 0 Å². The first-order valence-electron chi connectivity index (χ1n) is 11.5. The van der Waals surface area contributed by atoms with E-state index in [9.17, 15) is 19.7 Å². The van der Waals surface area contributed by atoms with E-state index < -0.39 is 16.7 Å². The van der Waals surface area contributed by atoms with Gasteiger partial charge in [0.1, 0.15) is 0 Å². The van der Waals surface area contributed by atoms with E-state index in [2.05, 4.69) is 20.7 Å². The summed E-state index contributed by atoms with van der Waals surface area (Å²) in [5.74, 6) is -1.16. The Morgan fingerprint density at radius 2 is 1.37 bits per heavy atom. The number of thiocarbonyl (C=S) groups is 1. The number of aromatic amines is 2. The monoisotopic (exact) mass is 522 g/mol. The average molecular weight is 523 g/mol. The Balaban J connectivity index is 1.40. The van der Waals surface area contributed by atoms with E-state index in [1.807, 2.05) is 48.5 Å². The molecule has 0 unspecified atom stereocenters. The summed E-state index contributed by atoms with van der Waals surface area (Å²) >= 11 is 5.35. The minimum Gasteiger partial charge on any atom is -0.361 e. The fraction of sp³-hybridized carbons (Fsp3) is 0. The number of benzene rings is 3. The number of nitro groups is 1. The molecule has 11 heteroatoms. The molecule has 0 bridgehead atoms. The minimum atomic E-state index is -0.580. The van der Waals surface area contributed by atoms with Crippen molar-refractivity contribution >= 4 is 73.5 Å². The van der Waals surface area contributed by atoms with Crippen molar-refractivity contribution in [2.45, 2.75) is 0 Å². The van der Waals surface area contributed by atoms with Crippen molar-refractivity contribution in [3.05, 3.63) is 106 Å². The molecule has 0 radical (unpaired) electrons. The Morgan fingerprint density at radius 1 is 0.816 bits per heavy atom. The van der Waals surface area contributed by atoms with Gasteiger partial charge in [-0.1, -0.05) is 42.5 Å². The molecule has 0 spiro atoms. The predicted octanol–water partition coefficient (Wildman–Crippen LogP) is 4.74. The number of imide groups is 1. The number of anilines is 1. The van der Waals surface area contributed by atoms with Gasteiger partial charge in [0.25, 0.3) is 17.5 Å². The molecule has 186 valence electrons. The molecule has 38 heavy (non-hydrogen) atoms. The van der Waals surface area contributed by atoms with Crippen LogP contribution >= 0.6 is 12.2 Å². The van der Waals surface area contributed by atoms with Crippen LogP contribution in [0.1, 0.15) is 11.1 Å². The molecular formula is C27H18N6O4S. The van der Waals surface area contributed by atoms with Gasteiger partial charge in [-0.3, -0.25) is 25.1 Å². The number of fused-ring (bicyclic) bond motifs is 2. The molecule has 0 saturated carbocycles. The smallest absolute Gasteiger partial charge is 0.281 e. The largest absolute Gasteiger partial charge is 0.361 e. The number of carbonyl (C=O) groups is 2. The number of amides is 2. The van der Waals surface area contributed by atoms with Crippen molar-refractivity contribution < 1.29 is 14.5 Å². The van der Waals surface area contributed by atoms with Crippen LogP contribution in [0.3, 0.4) is 0 Å². The van der Waals surface area contributed by atoms with Gasteiger partial charge in [0, 0.05) is 63.1 Å². The molecule has 0 aliphatic carbocycles. The van der Waals surface area contributed by atoms with Gasteiger partial charge in [-0.25, -0.2) is 0 Å². The summed E-state index contributed by atoms with van der Waals surface area (Å²) in [5, 5.41) is 16.3. The lowest BCUT2D eigenvalue weighted by atomic mass is 9.95. The van der Waals surface area contributed by atoms with Crippen molar-refractivity contribution in [3.63, 3.8) is 0 Å². The number of carbonyl (C=O) groups excluding carboxylic acids is 2. The van der Waals surface area contributed by atoms with Crippen LogP contribution in [0, 0.1) is 10.1 Å². The molecule has 1 aliphatic heterocycles. The lowest BCUT2D eigenvalue weighted by Gasteiger charge is -2.19. The molecule has 3 heterocycles. The number of hydrazine groups is 1. The summed E-state index contributed by atoms with van der Waals surface area (Å²) in [5.41, 5.74) is 6.14. The lowest BCUT2D eigenvalue weighted by molar-refractivity contribution is -0.384. The summed E-state index contributed by atoms with van der Waals surface area (Å²) in [6.07, 6.45) is 3.42. The standard InChI is InChI=1S/C27H18N6O4S/c34-25-23(19-13-28-21-10-3-1-8-17(19)21)24(20-14-29-22-11-4-2-9-18(20)22)26(35)32(25)31-27(38)30-15-6-5-7-16(12-15)33(36)37/h1-14,28-29H,(H2,30,31,38). The van der Waals surface area contributed by atoms with Crippen LogP contribution in [-0.4, -0.2) is 36.8 Å². The van der Waals surface area contributed by atoms with Gasteiger partial charge < -0.3 is 15.3 Å². The first-order chi connectivity index (χ1) is 18.4. The molecule has 1 aliphatic rings. The second-order valence-corrected chi connectivity index (χ2v) is 8.97. The van der Waals surface area contributed by atoms with Crippen molar-refractivity contribution in [1.82, 2.24) is 20.4 Å². The molecule has 2 aromatic heterocycles. The summed E-state index contributed by atoms with van der Waals surface area (Å²) < 4.78 is 0. The SMILES string of the molecule is O=C1C(c2c[nH]c3ccccc23)=C(c2c[nH]c3ccccc23)C(=O)N1NC(=S)Nc1cccc([N+](=O)[O-])c1. The highest BCUT2D eigenvalue weighted by atomic mass is 32.1. The second-order valence-electron chi connectivity index (χ2n) is 8.56. The van der Waals surface area contributed by atoms with Gasteiger partial charge >= 0.3 is 0 Å². The van der Waals surface area contributed by atoms with E-state index in [4.69, 9.17) is 12.2 Å². The maximum absolute atomic E-state index is 13.8. The number of hydrogen-bond donors (Lipinski definition) is 4. The highest BCUT2D eigenvalue weighted by Crippen LogP contribution is 2.40. The van der Waals surface area contributed by atoms with E-state index in [0.29, 0.717) is 16.8 Å². The topological polar surface area (TPSA) is 136 Å². The maximum Gasteiger partial charge on any atom is 0.281 e. The van der Waals surface area contributed by atoms with Crippen LogP contribution in [0.25, 0.3) is 33.0 Å². The van der Waals surface area contributed by atoms with Crippen LogP contribution in [0.5, 0.6) is 0 Å². The zero-order chi connectivity index (χ0) is 26.4. The fourth-order valence-electron chi connectivity index (χ4n) is 4.65. The fourth-order valence-corrected chi connectivity index (χ4v) is 4.85. The molecular weight excluding hydrogens is 504 g/mol. The number of nitrogens with zero attached hydrogens (tertiary/aromatic N) is 2. The quantitative estimate of drug-likeness (QED) is 0.113. The molecule has 0 fully saturated rings. The van der Waals surface area contributed by atoms with Gasteiger partial charge in [0.2, 0.25) is 0 Å². The number of rotatable bonds is 5. The van der Waals surface area contributed by atoms with Crippen LogP contribution in [-0.2, 0) is 9.59 Å². The Hall–Kier alpha value is -5.29. The average Bonchev–Trinajstić information content (AvgIpc) is 3.59. The second kappa shape index (κ2) is 8.98. The van der Waals surface area contributed by atoms with Crippen LogP contribution in [0.4, 0.5) is 11.4 Å². The first kappa shape index (κ1) is 23.1. The Bertz CT molecular complexity index is 1740. The molecule has 3 aromatic carbocycles. The zero-order valence-corrected chi connectivity index (χ0v) is 20.3. The number of non-ortho nitro benzene ring substituents is 1. The molecule has 2 amide bonds.